The van der Waals surface area contributed by atoms with Gasteiger partial charge in [0.05, 0.1) is 35.5 Å². The number of halogens is 1. The Morgan fingerprint density at radius 1 is 1.14 bits per heavy atom. The van der Waals surface area contributed by atoms with Crippen molar-refractivity contribution in [3.8, 4) is 22.5 Å². The predicted molar refractivity (Wildman–Crippen MR) is 125 cm³/mol. The molecule has 35 heavy (non-hydrogen) atoms. The van der Waals surface area contributed by atoms with Crippen LogP contribution in [-0.4, -0.2) is 40.4 Å². The molecular weight excluding hydrogens is 451 g/mol. The summed E-state index contributed by atoms with van der Waals surface area (Å²) in [6.07, 6.45) is 6.94. The average molecular weight is 475 g/mol. The van der Waals surface area contributed by atoms with Crippen molar-refractivity contribution in [2.75, 3.05) is 0 Å². The minimum absolute atomic E-state index is 0.0918. The van der Waals surface area contributed by atoms with Gasteiger partial charge >= 0.3 is 11.8 Å². The lowest BCUT2D eigenvalue weighted by atomic mass is 9.96. The maximum atomic E-state index is 15.3. The summed E-state index contributed by atoms with van der Waals surface area (Å²) in [7, 11) is 1.82. The van der Waals surface area contributed by atoms with Crippen LogP contribution in [0.15, 0.2) is 53.6 Å². The number of amides is 1. The van der Waals surface area contributed by atoms with E-state index in [2.05, 4.69) is 25.7 Å². The number of carbonyl (C=O) groups is 1. The van der Waals surface area contributed by atoms with E-state index in [9.17, 15) is 4.79 Å². The quantitative estimate of drug-likeness (QED) is 0.414. The van der Waals surface area contributed by atoms with Crippen LogP contribution in [0.25, 0.3) is 28.0 Å². The van der Waals surface area contributed by atoms with E-state index in [-0.39, 0.29) is 17.9 Å². The highest BCUT2D eigenvalue weighted by molar-refractivity contribution is 5.89. The molecule has 1 aromatic carbocycles. The van der Waals surface area contributed by atoms with E-state index in [0.29, 0.717) is 33.9 Å². The first-order valence-electron chi connectivity index (χ1n) is 10.9. The third kappa shape index (κ3) is 4.39. The summed E-state index contributed by atoms with van der Waals surface area (Å²) >= 11 is 0. The Morgan fingerprint density at radius 2 is 1.97 bits per heavy atom. The zero-order valence-corrected chi connectivity index (χ0v) is 19.7. The van der Waals surface area contributed by atoms with Gasteiger partial charge in [0.1, 0.15) is 5.82 Å². The molecule has 1 N–H and O–H groups in total. The van der Waals surface area contributed by atoms with E-state index < -0.39 is 11.7 Å². The van der Waals surface area contributed by atoms with Crippen molar-refractivity contribution >= 4 is 11.4 Å². The molecule has 11 heteroatoms. The molecule has 0 aliphatic heterocycles. The fraction of sp³-hybridized carbons (Fsp3) is 0.250. The highest BCUT2D eigenvalue weighted by Crippen LogP contribution is 2.29. The van der Waals surface area contributed by atoms with Gasteiger partial charge in [0.25, 0.3) is 0 Å². The number of rotatable bonds is 5. The summed E-state index contributed by atoms with van der Waals surface area (Å²) in [5.74, 6) is -0.690. The molecule has 5 aromatic rings. The first-order chi connectivity index (χ1) is 16.7. The van der Waals surface area contributed by atoms with Crippen molar-refractivity contribution in [1.29, 1.82) is 0 Å². The smallest absolute Gasteiger partial charge is 0.315 e. The second-order valence-corrected chi connectivity index (χ2v) is 9.21. The van der Waals surface area contributed by atoms with Crippen molar-refractivity contribution in [2.24, 2.45) is 7.05 Å². The second-order valence-electron chi connectivity index (χ2n) is 9.21. The monoisotopic (exact) mass is 474 g/mol. The topological polar surface area (TPSA) is 116 Å². The normalized spacial score (nSPS) is 11.8. The van der Waals surface area contributed by atoms with Crippen molar-refractivity contribution in [2.45, 2.75) is 32.7 Å². The lowest BCUT2D eigenvalue weighted by Crippen LogP contribution is -2.23. The Hall–Kier alpha value is -4.41. The fourth-order valence-electron chi connectivity index (χ4n) is 3.56. The molecule has 0 aliphatic rings. The van der Waals surface area contributed by atoms with Gasteiger partial charge in [-0.05, 0) is 23.8 Å². The van der Waals surface area contributed by atoms with E-state index in [0.717, 1.165) is 5.56 Å². The third-order valence-electron chi connectivity index (χ3n) is 5.42. The molecule has 0 spiro atoms. The molecule has 4 heterocycles. The van der Waals surface area contributed by atoms with Gasteiger partial charge in [-0.3, -0.25) is 9.48 Å². The van der Waals surface area contributed by atoms with Crippen LogP contribution in [0.1, 0.15) is 42.8 Å². The minimum atomic E-state index is -0.524. The van der Waals surface area contributed by atoms with Crippen LogP contribution >= 0.6 is 0 Å². The van der Waals surface area contributed by atoms with Crippen LogP contribution in [-0.2, 0) is 19.0 Å². The highest BCUT2D eigenvalue weighted by atomic mass is 19.1. The molecule has 0 fully saturated rings. The molecule has 0 unspecified atom stereocenters. The first-order valence-corrected chi connectivity index (χ1v) is 10.9. The van der Waals surface area contributed by atoms with Crippen LogP contribution in [0.2, 0.25) is 0 Å². The van der Waals surface area contributed by atoms with Crippen LogP contribution < -0.4 is 5.32 Å². The van der Waals surface area contributed by atoms with E-state index in [1.54, 1.807) is 46.0 Å². The molecule has 5 rings (SSSR count). The van der Waals surface area contributed by atoms with Gasteiger partial charge in [0.2, 0.25) is 0 Å². The standard InChI is InChI=1S/C24H23FN8O2/c1-24(2,3)23-30-22(35-31-23)21(34)26-10-14-5-6-16(17(25)9-14)20-19-7-8-27-33(19)13-18(29-20)15-11-28-32(4)12-15/h5-9,11-13H,10H2,1-4H3,(H,26,34). The van der Waals surface area contributed by atoms with E-state index >= 15 is 4.39 Å². The molecule has 178 valence electrons. The van der Waals surface area contributed by atoms with Crippen LogP contribution in [0.3, 0.4) is 0 Å². The molecule has 0 atom stereocenters. The second kappa shape index (κ2) is 8.42. The Kier molecular flexibility index (Phi) is 5.39. The SMILES string of the molecule is Cn1cc(-c2cn3nccc3c(-c3ccc(CNC(=O)c4nc(C(C)(C)C)no4)cc3F)n2)cn1. The van der Waals surface area contributed by atoms with Gasteiger partial charge in [-0.25, -0.2) is 13.9 Å². The lowest BCUT2D eigenvalue weighted by Gasteiger charge is -2.11. The number of fused-ring (bicyclic) bond motifs is 1. The highest BCUT2D eigenvalue weighted by Gasteiger charge is 2.24. The Labute approximate surface area is 199 Å². The van der Waals surface area contributed by atoms with Crippen molar-refractivity contribution in [3.05, 3.63) is 72.1 Å². The van der Waals surface area contributed by atoms with E-state index in [1.165, 1.54) is 6.07 Å². The Bertz CT molecular complexity index is 1540. The van der Waals surface area contributed by atoms with E-state index in [1.807, 2.05) is 34.0 Å². The van der Waals surface area contributed by atoms with Crippen LogP contribution in [0.4, 0.5) is 4.39 Å². The zero-order chi connectivity index (χ0) is 24.7. The van der Waals surface area contributed by atoms with Gasteiger partial charge in [0.15, 0.2) is 5.82 Å². The van der Waals surface area contributed by atoms with Gasteiger partial charge in [-0.1, -0.05) is 32.0 Å². The summed E-state index contributed by atoms with van der Waals surface area (Å²) in [5, 5.41) is 15.0. The maximum absolute atomic E-state index is 15.3. The summed E-state index contributed by atoms with van der Waals surface area (Å²) < 4.78 is 23.6. The molecule has 0 bridgehead atoms. The number of benzene rings is 1. The predicted octanol–water partition coefficient (Wildman–Crippen LogP) is 3.55. The minimum Gasteiger partial charge on any atom is -0.344 e. The van der Waals surface area contributed by atoms with Crippen molar-refractivity contribution in [3.63, 3.8) is 0 Å². The number of carbonyl (C=O) groups excluding carboxylic acids is 1. The Balaban J connectivity index is 1.39. The number of aryl methyl sites for hydroxylation is 1. The first kappa shape index (κ1) is 22.4. The van der Waals surface area contributed by atoms with Crippen molar-refractivity contribution in [1.82, 2.24) is 39.8 Å². The number of hydrogen-bond donors (Lipinski definition) is 1. The lowest BCUT2D eigenvalue weighted by molar-refractivity contribution is 0.0907. The zero-order valence-electron chi connectivity index (χ0n) is 19.7. The van der Waals surface area contributed by atoms with Gasteiger partial charge in [-0.15, -0.1) is 0 Å². The number of nitrogens with zero attached hydrogens (tertiary/aromatic N) is 7. The number of aromatic nitrogens is 7. The molecule has 1 amide bonds. The summed E-state index contributed by atoms with van der Waals surface area (Å²) in [4.78, 5) is 21.2. The molecule has 0 radical (unpaired) electrons. The number of nitrogens with one attached hydrogen (secondary N) is 1. The third-order valence-corrected chi connectivity index (χ3v) is 5.42. The largest absolute Gasteiger partial charge is 0.344 e. The molecule has 10 nitrogen and oxygen atoms in total. The van der Waals surface area contributed by atoms with E-state index in [4.69, 9.17) is 9.51 Å². The molecular formula is C24H23FN8O2. The Morgan fingerprint density at radius 3 is 2.66 bits per heavy atom. The summed E-state index contributed by atoms with van der Waals surface area (Å²) in [6, 6.07) is 6.52. The van der Waals surface area contributed by atoms with Gasteiger partial charge in [-0.2, -0.15) is 15.2 Å². The molecule has 4 aromatic heterocycles. The van der Waals surface area contributed by atoms with Gasteiger partial charge < -0.3 is 9.84 Å². The average Bonchev–Trinajstić information content (AvgIpc) is 3.56. The summed E-state index contributed by atoms with van der Waals surface area (Å²) in [6.45, 7) is 5.85. The maximum Gasteiger partial charge on any atom is 0.315 e. The fourth-order valence-corrected chi connectivity index (χ4v) is 3.56. The van der Waals surface area contributed by atoms with Gasteiger partial charge in [0, 0.05) is 36.3 Å². The van der Waals surface area contributed by atoms with Crippen molar-refractivity contribution < 1.29 is 13.7 Å². The molecule has 0 saturated carbocycles. The molecule has 0 saturated heterocycles. The summed E-state index contributed by atoms with van der Waals surface area (Å²) in [5.41, 5.74) is 3.09. The van der Waals surface area contributed by atoms with Crippen LogP contribution in [0, 0.1) is 5.82 Å². The molecule has 0 aliphatic carbocycles. The van der Waals surface area contributed by atoms with Crippen LogP contribution in [0.5, 0.6) is 0 Å². The number of hydrogen-bond acceptors (Lipinski definition) is 7.